The number of phenolic OH excluding ortho intramolecular Hbond substituents is 1. The van der Waals surface area contributed by atoms with Crippen molar-refractivity contribution in [1.82, 2.24) is 0 Å². The molecular weight excluding hydrogens is 218 g/mol. The molecule has 90 valence electrons. The summed E-state index contributed by atoms with van der Waals surface area (Å²) in [6.45, 7) is 0. The third-order valence-electron chi connectivity index (χ3n) is 3.62. The molecular formula is C13H15NO3. The number of benzene rings is 1. The van der Waals surface area contributed by atoms with Crippen LogP contribution in [-0.4, -0.2) is 16.6 Å². The summed E-state index contributed by atoms with van der Waals surface area (Å²) in [6.07, 6.45) is 4.70. The average Bonchev–Trinajstić information content (AvgIpc) is 2.33. The highest BCUT2D eigenvalue weighted by Crippen LogP contribution is 2.44. The Morgan fingerprint density at radius 2 is 2.00 bits per heavy atom. The van der Waals surface area contributed by atoms with Crippen LogP contribution < -0.4 is 10.1 Å². The Bertz CT molecular complexity index is 464. The number of carbonyl (C=O) groups excluding carboxylic acids is 1. The zero-order chi connectivity index (χ0) is 11.9. The first-order chi connectivity index (χ1) is 8.21. The summed E-state index contributed by atoms with van der Waals surface area (Å²) in [4.78, 5) is 12.1. The van der Waals surface area contributed by atoms with E-state index in [1.165, 1.54) is 0 Å². The van der Waals surface area contributed by atoms with Crippen molar-refractivity contribution >= 4 is 11.6 Å². The fraction of sp³-hybridized carbons (Fsp3) is 0.462. The minimum atomic E-state index is -0.709. The normalized spacial score (nSPS) is 21.5. The lowest BCUT2D eigenvalue weighted by molar-refractivity contribution is -0.135. The first-order valence-electron chi connectivity index (χ1n) is 6.04. The van der Waals surface area contributed by atoms with Gasteiger partial charge in [0.05, 0.1) is 0 Å². The van der Waals surface area contributed by atoms with Gasteiger partial charge in [0.1, 0.15) is 17.2 Å². The lowest BCUT2D eigenvalue weighted by atomic mass is 9.83. The molecule has 1 amide bonds. The van der Waals surface area contributed by atoms with Gasteiger partial charge in [0.25, 0.3) is 5.91 Å². The number of phenols is 1. The Kier molecular flexibility index (Phi) is 2.24. The van der Waals surface area contributed by atoms with Gasteiger partial charge in [-0.05, 0) is 37.8 Å². The highest BCUT2D eigenvalue weighted by molar-refractivity contribution is 6.02. The van der Waals surface area contributed by atoms with Gasteiger partial charge in [-0.1, -0.05) is 12.5 Å². The fourth-order valence-corrected chi connectivity index (χ4v) is 2.67. The van der Waals surface area contributed by atoms with E-state index in [0.29, 0.717) is 11.4 Å². The van der Waals surface area contributed by atoms with E-state index in [4.69, 9.17) is 4.74 Å². The number of para-hydroxylation sites is 1. The standard InChI is InChI=1S/C13H15NO3/c15-9-5-4-6-10-11(9)14-12(16)13(17-10)7-2-1-3-8-13/h4-6,15H,1-3,7-8H2,(H,14,16). The summed E-state index contributed by atoms with van der Waals surface area (Å²) in [5.41, 5.74) is -0.312. The SMILES string of the molecule is O=C1Nc2c(O)cccc2OC12CCCCC2. The summed E-state index contributed by atoms with van der Waals surface area (Å²) < 4.78 is 5.88. The second-order valence-corrected chi connectivity index (χ2v) is 4.76. The topological polar surface area (TPSA) is 58.6 Å². The highest BCUT2D eigenvalue weighted by Gasteiger charge is 2.45. The molecule has 0 atom stereocenters. The van der Waals surface area contributed by atoms with E-state index >= 15 is 0 Å². The second-order valence-electron chi connectivity index (χ2n) is 4.76. The van der Waals surface area contributed by atoms with E-state index in [9.17, 15) is 9.90 Å². The maximum absolute atomic E-state index is 12.1. The van der Waals surface area contributed by atoms with Crippen molar-refractivity contribution in [3.8, 4) is 11.5 Å². The highest BCUT2D eigenvalue weighted by atomic mass is 16.5. The van der Waals surface area contributed by atoms with Crippen molar-refractivity contribution in [2.24, 2.45) is 0 Å². The quantitative estimate of drug-likeness (QED) is 0.676. The summed E-state index contributed by atoms with van der Waals surface area (Å²) in [7, 11) is 0. The van der Waals surface area contributed by atoms with Crippen molar-refractivity contribution in [2.45, 2.75) is 37.7 Å². The zero-order valence-corrected chi connectivity index (χ0v) is 9.53. The molecule has 1 aliphatic heterocycles. The summed E-state index contributed by atoms with van der Waals surface area (Å²) in [5.74, 6) is 0.513. The molecule has 0 radical (unpaired) electrons. The molecule has 1 fully saturated rings. The summed E-state index contributed by atoms with van der Waals surface area (Å²) in [6, 6.07) is 5.05. The molecule has 0 bridgehead atoms. The molecule has 0 unspecified atom stereocenters. The second kappa shape index (κ2) is 3.65. The van der Waals surface area contributed by atoms with Gasteiger partial charge in [-0.2, -0.15) is 0 Å². The van der Waals surface area contributed by atoms with E-state index in [1.807, 2.05) is 0 Å². The first-order valence-corrected chi connectivity index (χ1v) is 6.04. The molecule has 2 N–H and O–H groups in total. The maximum Gasteiger partial charge on any atom is 0.268 e. The number of anilines is 1. The van der Waals surface area contributed by atoms with Crippen molar-refractivity contribution in [2.75, 3.05) is 5.32 Å². The van der Waals surface area contributed by atoms with Crippen LogP contribution in [0.25, 0.3) is 0 Å². The monoisotopic (exact) mass is 233 g/mol. The molecule has 4 heteroatoms. The number of hydrogen-bond acceptors (Lipinski definition) is 3. The number of rotatable bonds is 0. The van der Waals surface area contributed by atoms with Gasteiger partial charge in [0.2, 0.25) is 0 Å². The molecule has 17 heavy (non-hydrogen) atoms. The largest absolute Gasteiger partial charge is 0.506 e. The molecule has 1 aromatic rings. The average molecular weight is 233 g/mol. The Morgan fingerprint density at radius 1 is 1.24 bits per heavy atom. The van der Waals surface area contributed by atoms with Crippen molar-refractivity contribution in [3.63, 3.8) is 0 Å². The minimum absolute atomic E-state index is 0.0570. The third kappa shape index (κ3) is 1.55. The van der Waals surface area contributed by atoms with E-state index in [1.54, 1.807) is 18.2 Å². The van der Waals surface area contributed by atoms with Crippen molar-refractivity contribution in [3.05, 3.63) is 18.2 Å². The smallest absolute Gasteiger partial charge is 0.268 e. The molecule has 3 rings (SSSR count). The Hall–Kier alpha value is -1.71. The van der Waals surface area contributed by atoms with Crippen LogP contribution >= 0.6 is 0 Å². The lowest BCUT2D eigenvalue weighted by Crippen LogP contribution is -2.51. The van der Waals surface area contributed by atoms with Crippen molar-refractivity contribution in [1.29, 1.82) is 0 Å². The third-order valence-corrected chi connectivity index (χ3v) is 3.62. The predicted octanol–water partition coefficient (Wildman–Crippen LogP) is 2.43. The van der Waals surface area contributed by atoms with E-state index in [0.717, 1.165) is 32.1 Å². The van der Waals surface area contributed by atoms with Gasteiger partial charge in [0.15, 0.2) is 5.60 Å². The van der Waals surface area contributed by atoms with Gasteiger partial charge in [-0.3, -0.25) is 4.79 Å². The maximum atomic E-state index is 12.1. The molecule has 0 aromatic heterocycles. The lowest BCUT2D eigenvalue weighted by Gasteiger charge is -2.39. The van der Waals surface area contributed by atoms with Crippen LogP contribution in [0.15, 0.2) is 18.2 Å². The predicted molar refractivity (Wildman–Crippen MR) is 63.2 cm³/mol. The van der Waals surface area contributed by atoms with Crippen LogP contribution in [0.5, 0.6) is 11.5 Å². The number of fused-ring (bicyclic) bond motifs is 1. The van der Waals surface area contributed by atoms with Gasteiger partial charge < -0.3 is 15.2 Å². The number of hydrogen-bond donors (Lipinski definition) is 2. The molecule has 2 aliphatic rings. The molecule has 1 heterocycles. The fourth-order valence-electron chi connectivity index (χ4n) is 2.67. The number of nitrogens with one attached hydrogen (secondary N) is 1. The van der Waals surface area contributed by atoms with Gasteiger partial charge >= 0.3 is 0 Å². The molecule has 4 nitrogen and oxygen atoms in total. The van der Waals surface area contributed by atoms with Crippen LogP contribution in [0, 0.1) is 0 Å². The van der Waals surface area contributed by atoms with Gasteiger partial charge in [0, 0.05) is 0 Å². The Morgan fingerprint density at radius 3 is 2.76 bits per heavy atom. The molecule has 0 saturated heterocycles. The molecule has 1 aromatic carbocycles. The zero-order valence-electron chi connectivity index (χ0n) is 9.53. The van der Waals surface area contributed by atoms with E-state index in [-0.39, 0.29) is 11.7 Å². The first kappa shape index (κ1) is 10.4. The van der Waals surface area contributed by atoms with Crippen LogP contribution in [0.3, 0.4) is 0 Å². The Labute approximate surface area is 99.6 Å². The van der Waals surface area contributed by atoms with Crippen LogP contribution in [0.4, 0.5) is 5.69 Å². The molecule has 1 spiro atoms. The van der Waals surface area contributed by atoms with E-state index < -0.39 is 5.60 Å². The van der Waals surface area contributed by atoms with Crippen molar-refractivity contribution < 1.29 is 14.6 Å². The molecule has 1 aliphatic carbocycles. The number of amides is 1. The number of aromatic hydroxyl groups is 1. The Balaban J connectivity index is 2.00. The summed E-state index contributed by atoms with van der Waals surface area (Å²) in [5, 5.41) is 12.4. The minimum Gasteiger partial charge on any atom is -0.506 e. The van der Waals surface area contributed by atoms with Gasteiger partial charge in [-0.25, -0.2) is 0 Å². The number of carbonyl (C=O) groups is 1. The van der Waals surface area contributed by atoms with Crippen LogP contribution in [0.1, 0.15) is 32.1 Å². The van der Waals surface area contributed by atoms with Crippen LogP contribution in [-0.2, 0) is 4.79 Å². The van der Waals surface area contributed by atoms with Gasteiger partial charge in [-0.15, -0.1) is 0 Å². The van der Waals surface area contributed by atoms with Crippen LogP contribution in [0.2, 0.25) is 0 Å². The number of ether oxygens (including phenoxy) is 1. The molecule has 1 saturated carbocycles. The van der Waals surface area contributed by atoms with E-state index in [2.05, 4.69) is 5.32 Å². The summed E-state index contributed by atoms with van der Waals surface area (Å²) >= 11 is 0.